The van der Waals surface area contributed by atoms with Crippen LogP contribution in [0.3, 0.4) is 0 Å². The Hall–Kier alpha value is -0.610. The lowest BCUT2D eigenvalue weighted by Crippen LogP contribution is -2.41. The molecular formula is C13H26N2O2. The van der Waals surface area contributed by atoms with Crippen molar-refractivity contribution in [2.75, 3.05) is 26.2 Å². The highest BCUT2D eigenvalue weighted by atomic mass is 16.3. The molecule has 0 aliphatic carbocycles. The molecule has 1 rings (SSSR count). The third kappa shape index (κ3) is 5.04. The van der Waals surface area contributed by atoms with Gasteiger partial charge in [0, 0.05) is 26.1 Å². The Morgan fingerprint density at radius 2 is 2.24 bits per heavy atom. The van der Waals surface area contributed by atoms with Crippen molar-refractivity contribution in [3.8, 4) is 0 Å². The van der Waals surface area contributed by atoms with Crippen LogP contribution in [-0.4, -0.2) is 48.2 Å². The molecule has 1 heterocycles. The van der Waals surface area contributed by atoms with Gasteiger partial charge in [0.1, 0.15) is 0 Å². The second kappa shape index (κ2) is 7.67. The molecule has 0 aromatic heterocycles. The van der Waals surface area contributed by atoms with E-state index in [-0.39, 0.29) is 5.91 Å². The number of nitrogens with zero attached hydrogens (tertiary/aromatic N) is 1. The number of rotatable bonds is 6. The molecule has 0 bridgehead atoms. The normalized spacial score (nSPS) is 23.6. The van der Waals surface area contributed by atoms with Crippen LogP contribution >= 0.6 is 0 Å². The molecule has 4 heteroatoms. The number of likely N-dealkylation sites (N-methyl/N-ethyl adjacent to an activating group) is 1. The second-order valence-corrected chi connectivity index (χ2v) is 4.90. The highest BCUT2D eigenvalue weighted by molar-refractivity contribution is 5.76. The Kier molecular flexibility index (Phi) is 6.52. The van der Waals surface area contributed by atoms with Gasteiger partial charge < -0.3 is 15.3 Å². The summed E-state index contributed by atoms with van der Waals surface area (Å²) in [5, 5.41) is 12.9. The fourth-order valence-electron chi connectivity index (χ4n) is 2.32. The van der Waals surface area contributed by atoms with Crippen LogP contribution in [0.25, 0.3) is 0 Å². The van der Waals surface area contributed by atoms with Gasteiger partial charge in [-0.2, -0.15) is 0 Å². The summed E-state index contributed by atoms with van der Waals surface area (Å²) >= 11 is 0. The van der Waals surface area contributed by atoms with Crippen molar-refractivity contribution >= 4 is 5.91 Å². The van der Waals surface area contributed by atoms with Gasteiger partial charge in [0.25, 0.3) is 0 Å². The van der Waals surface area contributed by atoms with Gasteiger partial charge in [-0.05, 0) is 25.3 Å². The van der Waals surface area contributed by atoms with Crippen molar-refractivity contribution in [1.29, 1.82) is 0 Å². The number of aliphatic hydroxyl groups is 1. The number of likely N-dealkylation sites (tertiary alicyclic amines) is 1. The molecule has 2 unspecified atom stereocenters. The van der Waals surface area contributed by atoms with Crippen LogP contribution in [0.1, 0.15) is 39.5 Å². The van der Waals surface area contributed by atoms with E-state index in [0.29, 0.717) is 25.4 Å². The molecule has 4 nitrogen and oxygen atoms in total. The Labute approximate surface area is 104 Å². The summed E-state index contributed by atoms with van der Waals surface area (Å²) in [6.07, 6.45) is 3.44. The first-order chi connectivity index (χ1) is 8.17. The summed E-state index contributed by atoms with van der Waals surface area (Å²) in [5.41, 5.74) is 0. The predicted molar refractivity (Wildman–Crippen MR) is 68.8 cm³/mol. The maximum atomic E-state index is 11.9. The quantitative estimate of drug-likeness (QED) is 0.730. The lowest BCUT2D eigenvalue weighted by atomic mass is 9.98. The monoisotopic (exact) mass is 242 g/mol. The molecule has 0 aromatic rings. The minimum absolute atomic E-state index is 0.205. The summed E-state index contributed by atoms with van der Waals surface area (Å²) in [4.78, 5) is 13.7. The molecule has 0 radical (unpaired) electrons. The van der Waals surface area contributed by atoms with E-state index in [4.69, 9.17) is 0 Å². The summed E-state index contributed by atoms with van der Waals surface area (Å²) in [6, 6.07) is 0. The Bertz CT molecular complexity index is 233. The average Bonchev–Trinajstić information content (AvgIpc) is 2.50. The van der Waals surface area contributed by atoms with Gasteiger partial charge in [0.05, 0.1) is 6.10 Å². The SMILES string of the molecule is CCNCC(O)CN1CCC(CC)CCC1=O. The van der Waals surface area contributed by atoms with E-state index < -0.39 is 6.10 Å². The molecule has 0 saturated carbocycles. The minimum atomic E-state index is -0.447. The summed E-state index contributed by atoms with van der Waals surface area (Å²) in [6.45, 7) is 6.89. The third-order valence-electron chi connectivity index (χ3n) is 3.56. The summed E-state index contributed by atoms with van der Waals surface area (Å²) < 4.78 is 0. The molecule has 1 amide bonds. The minimum Gasteiger partial charge on any atom is -0.390 e. The molecule has 2 N–H and O–H groups in total. The van der Waals surface area contributed by atoms with Crippen molar-refractivity contribution in [3.63, 3.8) is 0 Å². The van der Waals surface area contributed by atoms with Gasteiger partial charge in [-0.15, -0.1) is 0 Å². The van der Waals surface area contributed by atoms with Gasteiger partial charge in [-0.1, -0.05) is 20.3 Å². The predicted octanol–water partition coefficient (Wildman–Crippen LogP) is 0.995. The van der Waals surface area contributed by atoms with Gasteiger partial charge in [0.15, 0.2) is 0 Å². The van der Waals surface area contributed by atoms with Crippen molar-refractivity contribution < 1.29 is 9.90 Å². The first-order valence-electron chi connectivity index (χ1n) is 6.83. The molecular weight excluding hydrogens is 216 g/mol. The molecule has 2 atom stereocenters. The number of carbonyl (C=O) groups is 1. The molecule has 0 spiro atoms. The maximum absolute atomic E-state index is 11.9. The molecule has 100 valence electrons. The van der Waals surface area contributed by atoms with Crippen LogP contribution in [0.4, 0.5) is 0 Å². The van der Waals surface area contributed by atoms with E-state index in [1.165, 1.54) is 0 Å². The Morgan fingerprint density at radius 1 is 1.47 bits per heavy atom. The maximum Gasteiger partial charge on any atom is 0.222 e. The highest BCUT2D eigenvalue weighted by Gasteiger charge is 2.22. The highest BCUT2D eigenvalue weighted by Crippen LogP contribution is 2.20. The standard InChI is InChI=1S/C13H26N2O2/c1-3-11-5-6-13(17)15(8-7-11)10-12(16)9-14-4-2/h11-12,14,16H,3-10H2,1-2H3. The summed E-state index contributed by atoms with van der Waals surface area (Å²) in [7, 11) is 0. The largest absolute Gasteiger partial charge is 0.390 e. The third-order valence-corrected chi connectivity index (χ3v) is 3.56. The van der Waals surface area contributed by atoms with E-state index in [9.17, 15) is 9.90 Å². The van der Waals surface area contributed by atoms with Crippen LogP contribution in [0.15, 0.2) is 0 Å². The first-order valence-corrected chi connectivity index (χ1v) is 6.83. The number of β-amino-alcohol motifs (C(OH)–C–C–N with tert-alkyl or cyclic N) is 1. The van der Waals surface area contributed by atoms with Crippen LogP contribution < -0.4 is 5.32 Å². The van der Waals surface area contributed by atoms with Gasteiger partial charge >= 0.3 is 0 Å². The van der Waals surface area contributed by atoms with E-state index in [2.05, 4.69) is 12.2 Å². The van der Waals surface area contributed by atoms with Crippen LogP contribution in [0.2, 0.25) is 0 Å². The van der Waals surface area contributed by atoms with Crippen molar-refractivity contribution in [2.24, 2.45) is 5.92 Å². The van der Waals surface area contributed by atoms with E-state index >= 15 is 0 Å². The number of aliphatic hydroxyl groups excluding tert-OH is 1. The molecule has 1 aliphatic rings. The second-order valence-electron chi connectivity index (χ2n) is 4.90. The van der Waals surface area contributed by atoms with Crippen molar-refractivity contribution in [2.45, 2.75) is 45.6 Å². The van der Waals surface area contributed by atoms with E-state index in [1.54, 1.807) is 0 Å². The fourth-order valence-corrected chi connectivity index (χ4v) is 2.32. The van der Waals surface area contributed by atoms with Crippen molar-refractivity contribution in [3.05, 3.63) is 0 Å². The van der Waals surface area contributed by atoms with Gasteiger partial charge in [-0.3, -0.25) is 4.79 Å². The average molecular weight is 242 g/mol. The fraction of sp³-hybridized carbons (Fsp3) is 0.923. The Balaban J connectivity index is 2.38. The van der Waals surface area contributed by atoms with E-state index in [1.807, 2.05) is 11.8 Å². The molecule has 17 heavy (non-hydrogen) atoms. The number of hydrogen-bond donors (Lipinski definition) is 2. The van der Waals surface area contributed by atoms with Crippen LogP contribution in [0, 0.1) is 5.92 Å². The van der Waals surface area contributed by atoms with Crippen molar-refractivity contribution in [1.82, 2.24) is 10.2 Å². The lowest BCUT2D eigenvalue weighted by Gasteiger charge is -2.24. The van der Waals surface area contributed by atoms with Gasteiger partial charge in [-0.25, -0.2) is 0 Å². The van der Waals surface area contributed by atoms with Gasteiger partial charge in [0.2, 0.25) is 5.91 Å². The molecule has 1 fully saturated rings. The lowest BCUT2D eigenvalue weighted by molar-refractivity contribution is -0.132. The number of nitrogens with one attached hydrogen (secondary N) is 1. The zero-order valence-corrected chi connectivity index (χ0v) is 11.1. The zero-order valence-electron chi connectivity index (χ0n) is 11.1. The number of hydrogen-bond acceptors (Lipinski definition) is 3. The smallest absolute Gasteiger partial charge is 0.222 e. The topological polar surface area (TPSA) is 52.6 Å². The number of carbonyl (C=O) groups excluding carboxylic acids is 1. The van der Waals surface area contributed by atoms with Crippen LogP contribution in [-0.2, 0) is 4.79 Å². The molecule has 1 aliphatic heterocycles. The zero-order chi connectivity index (χ0) is 12.7. The molecule has 0 aromatic carbocycles. The summed E-state index contributed by atoms with van der Waals surface area (Å²) in [5.74, 6) is 0.881. The molecule has 1 saturated heterocycles. The number of amides is 1. The first kappa shape index (κ1) is 14.5. The van der Waals surface area contributed by atoms with E-state index in [0.717, 1.165) is 32.4 Å². The Morgan fingerprint density at radius 3 is 2.88 bits per heavy atom. The van der Waals surface area contributed by atoms with Crippen LogP contribution in [0.5, 0.6) is 0 Å².